The fourth-order valence-corrected chi connectivity index (χ4v) is 1.73. The molecule has 0 aliphatic heterocycles. The molecule has 0 aliphatic carbocycles. The molecule has 1 aromatic rings. The molecule has 110 valence electrons. The van der Waals surface area contributed by atoms with Crippen LogP contribution in [0.3, 0.4) is 0 Å². The van der Waals surface area contributed by atoms with Crippen LogP contribution in [0.25, 0.3) is 0 Å². The van der Waals surface area contributed by atoms with E-state index in [2.05, 4.69) is 10.2 Å². The van der Waals surface area contributed by atoms with Crippen molar-refractivity contribution >= 4 is 29.0 Å². The molecule has 20 heavy (non-hydrogen) atoms. The van der Waals surface area contributed by atoms with Crippen molar-refractivity contribution < 1.29 is 14.3 Å². The molecule has 0 atom stereocenters. The number of carbonyl (C=O) groups excluding carboxylic acids is 1. The summed E-state index contributed by atoms with van der Waals surface area (Å²) in [5.41, 5.74) is 6.23. The molecule has 0 radical (unpaired) electrons. The maximum absolute atomic E-state index is 11.7. The Bertz CT molecular complexity index is 470. The number of hydrogen-bond acceptors (Lipinski definition) is 7. The summed E-state index contributed by atoms with van der Waals surface area (Å²) in [6.07, 6.45) is 1.50. The summed E-state index contributed by atoms with van der Waals surface area (Å²) in [5.74, 6) is 0.0910. The van der Waals surface area contributed by atoms with Crippen LogP contribution in [0.4, 0.5) is 5.82 Å². The van der Waals surface area contributed by atoms with E-state index in [1.54, 1.807) is 25.0 Å². The summed E-state index contributed by atoms with van der Waals surface area (Å²) in [4.78, 5) is 13.5. The van der Waals surface area contributed by atoms with Gasteiger partial charge in [0.1, 0.15) is 11.5 Å². The second-order valence-corrected chi connectivity index (χ2v) is 4.29. The number of carbonyl (C=O) groups is 1. The molecule has 2 N–H and O–H groups in total. The van der Waals surface area contributed by atoms with Gasteiger partial charge in [-0.15, -0.1) is 5.10 Å². The first-order valence-corrected chi connectivity index (χ1v) is 6.52. The molecular formula is C12H18N4O3S. The number of nitrogens with zero attached hydrogens (tertiary/aromatic N) is 3. The highest BCUT2D eigenvalue weighted by Crippen LogP contribution is 2.16. The van der Waals surface area contributed by atoms with E-state index in [1.807, 2.05) is 0 Å². The maximum atomic E-state index is 11.7. The molecule has 1 heterocycles. The Kier molecular flexibility index (Phi) is 6.82. The summed E-state index contributed by atoms with van der Waals surface area (Å²) in [6, 6.07) is 1.66. The van der Waals surface area contributed by atoms with Crippen LogP contribution in [0.5, 0.6) is 0 Å². The van der Waals surface area contributed by atoms with Crippen molar-refractivity contribution in [2.75, 3.05) is 38.3 Å². The molecule has 0 saturated carbocycles. The van der Waals surface area contributed by atoms with E-state index in [0.29, 0.717) is 31.1 Å². The fourth-order valence-electron chi connectivity index (χ4n) is 1.57. The third kappa shape index (κ3) is 4.71. The van der Waals surface area contributed by atoms with Crippen LogP contribution in [0.15, 0.2) is 12.3 Å². The summed E-state index contributed by atoms with van der Waals surface area (Å²) < 4.78 is 9.97. The quantitative estimate of drug-likeness (QED) is 0.535. The molecule has 0 amide bonds. The van der Waals surface area contributed by atoms with Crippen molar-refractivity contribution in [3.8, 4) is 0 Å². The van der Waals surface area contributed by atoms with Crippen LogP contribution in [-0.4, -0.2) is 54.6 Å². The monoisotopic (exact) mass is 298 g/mol. The highest BCUT2D eigenvalue weighted by Gasteiger charge is 2.18. The highest BCUT2D eigenvalue weighted by atomic mass is 32.1. The number of anilines is 1. The van der Waals surface area contributed by atoms with E-state index in [4.69, 9.17) is 27.4 Å². The lowest BCUT2D eigenvalue weighted by Gasteiger charge is -2.23. The van der Waals surface area contributed by atoms with Gasteiger partial charge in [-0.2, -0.15) is 5.10 Å². The number of hydrogen-bond donors (Lipinski definition) is 1. The second kappa shape index (κ2) is 8.39. The van der Waals surface area contributed by atoms with Crippen molar-refractivity contribution in [1.29, 1.82) is 0 Å². The maximum Gasteiger partial charge on any atom is 0.325 e. The first kappa shape index (κ1) is 16.3. The van der Waals surface area contributed by atoms with Gasteiger partial charge in [0.05, 0.1) is 25.0 Å². The van der Waals surface area contributed by atoms with E-state index in [1.165, 1.54) is 6.20 Å². The van der Waals surface area contributed by atoms with Crippen LogP contribution >= 0.6 is 12.2 Å². The molecule has 1 aromatic heterocycles. The molecule has 8 heteroatoms. The van der Waals surface area contributed by atoms with Crippen molar-refractivity contribution in [2.45, 2.75) is 6.92 Å². The van der Waals surface area contributed by atoms with Gasteiger partial charge >= 0.3 is 5.97 Å². The predicted molar refractivity (Wildman–Crippen MR) is 78.6 cm³/mol. The van der Waals surface area contributed by atoms with Crippen molar-refractivity contribution in [2.24, 2.45) is 5.73 Å². The second-order valence-electron chi connectivity index (χ2n) is 3.85. The first-order valence-electron chi connectivity index (χ1n) is 6.11. The molecule has 1 rings (SSSR count). The minimum atomic E-state index is -0.358. The highest BCUT2D eigenvalue weighted by molar-refractivity contribution is 7.80. The topological polar surface area (TPSA) is 90.6 Å². The number of aromatic nitrogens is 2. The zero-order chi connectivity index (χ0) is 15.0. The number of esters is 1. The number of methoxy groups -OCH3 is 1. The van der Waals surface area contributed by atoms with Crippen LogP contribution < -0.4 is 10.6 Å². The Hall–Kier alpha value is -1.80. The van der Waals surface area contributed by atoms with E-state index in [0.717, 1.165) is 0 Å². The first-order chi connectivity index (χ1) is 9.60. The molecule has 0 fully saturated rings. The lowest BCUT2D eigenvalue weighted by Crippen LogP contribution is -2.36. The molecule has 0 aromatic carbocycles. The number of thiocarbonyl (C=S) groups is 1. The van der Waals surface area contributed by atoms with E-state index in [9.17, 15) is 4.79 Å². The van der Waals surface area contributed by atoms with Crippen LogP contribution in [-0.2, 0) is 14.3 Å². The molecule has 7 nitrogen and oxygen atoms in total. The van der Waals surface area contributed by atoms with Crippen LogP contribution in [0.2, 0.25) is 0 Å². The van der Waals surface area contributed by atoms with Gasteiger partial charge in [0.15, 0.2) is 5.82 Å². The summed E-state index contributed by atoms with van der Waals surface area (Å²) in [5, 5.41) is 7.82. The van der Waals surface area contributed by atoms with E-state index >= 15 is 0 Å². The molecular weight excluding hydrogens is 280 g/mol. The van der Waals surface area contributed by atoms with Gasteiger partial charge < -0.3 is 20.1 Å². The lowest BCUT2D eigenvalue weighted by atomic mass is 10.2. The Morgan fingerprint density at radius 3 is 2.90 bits per heavy atom. The SMILES string of the molecule is CCOC(=O)CN(CCOC)c1nnccc1C(N)=S. The van der Waals surface area contributed by atoms with Gasteiger partial charge in [0, 0.05) is 13.7 Å². The summed E-state index contributed by atoms with van der Waals surface area (Å²) in [6.45, 7) is 2.97. The number of ether oxygens (including phenoxy) is 2. The molecule has 0 aliphatic rings. The Morgan fingerprint density at radius 1 is 1.55 bits per heavy atom. The fraction of sp³-hybridized carbons (Fsp3) is 0.500. The van der Waals surface area contributed by atoms with Gasteiger partial charge in [-0.25, -0.2) is 0 Å². The van der Waals surface area contributed by atoms with Crippen molar-refractivity contribution in [3.05, 3.63) is 17.8 Å². The Morgan fingerprint density at radius 2 is 2.30 bits per heavy atom. The number of nitrogens with two attached hydrogens (primary N) is 1. The standard InChI is InChI=1S/C12H18N4O3S/c1-3-19-10(17)8-16(6-7-18-2)12-9(11(13)20)4-5-14-15-12/h4-5H,3,6-8H2,1-2H3,(H2,13,20). The minimum absolute atomic E-state index is 0.0332. The Balaban J connectivity index is 2.97. The summed E-state index contributed by atoms with van der Waals surface area (Å²) in [7, 11) is 1.58. The lowest BCUT2D eigenvalue weighted by molar-refractivity contribution is -0.141. The van der Waals surface area contributed by atoms with Gasteiger partial charge in [-0.1, -0.05) is 12.2 Å². The number of rotatable bonds is 8. The molecule has 0 unspecified atom stereocenters. The third-order valence-electron chi connectivity index (χ3n) is 2.46. The van der Waals surface area contributed by atoms with E-state index in [-0.39, 0.29) is 17.5 Å². The Labute approximate surface area is 123 Å². The predicted octanol–water partition coefficient (Wildman–Crippen LogP) is 0.127. The van der Waals surface area contributed by atoms with Gasteiger partial charge in [0.25, 0.3) is 0 Å². The van der Waals surface area contributed by atoms with Crippen molar-refractivity contribution in [3.63, 3.8) is 0 Å². The van der Waals surface area contributed by atoms with E-state index < -0.39 is 0 Å². The van der Waals surface area contributed by atoms with Gasteiger partial charge in [-0.05, 0) is 13.0 Å². The van der Waals surface area contributed by atoms with Crippen LogP contribution in [0.1, 0.15) is 12.5 Å². The average Bonchev–Trinajstić information content (AvgIpc) is 2.43. The molecule has 0 bridgehead atoms. The zero-order valence-electron chi connectivity index (χ0n) is 11.5. The zero-order valence-corrected chi connectivity index (χ0v) is 12.4. The average molecular weight is 298 g/mol. The summed E-state index contributed by atoms with van der Waals surface area (Å²) >= 11 is 4.98. The molecule has 0 saturated heterocycles. The van der Waals surface area contributed by atoms with Crippen molar-refractivity contribution in [1.82, 2.24) is 10.2 Å². The molecule has 0 spiro atoms. The normalized spacial score (nSPS) is 10.1. The van der Waals surface area contributed by atoms with Gasteiger partial charge in [0.2, 0.25) is 0 Å². The largest absolute Gasteiger partial charge is 0.465 e. The van der Waals surface area contributed by atoms with Gasteiger partial charge in [-0.3, -0.25) is 4.79 Å². The smallest absolute Gasteiger partial charge is 0.325 e. The van der Waals surface area contributed by atoms with Crippen LogP contribution in [0, 0.1) is 0 Å². The third-order valence-corrected chi connectivity index (χ3v) is 2.68. The minimum Gasteiger partial charge on any atom is -0.465 e.